The molecular weight excluding hydrogens is 326 g/mol. The Morgan fingerprint density at radius 3 is 2.77 bits per heavy atom. The number of hydrogen-bond acceptors (Lipinski definition) is 3. The summed E-state index contributed by atoms with van der Waals surface area (Å²) in [7, 11) is 1.62. The van der Waals surface area contributed by atoms with Gasteiger partial charge in [-0.2, -0.15) is 0 Å². The maximum atomic E-state index is 11.8. The molecule has 1 amide bonds. The van der Waals surface area contributed by atoms with E-state index in [2.05, 4.69) is 13.0 Å². The molecule has 0 fully saturated rings. The number of aryl methyl sites for hydroxylation is 1. The molecule has 5 heteroatoms. The van der Waals surface area contributed by atoms with E-state index in [1.807, 2.05) is 47.9 Å². The normalized spacial score (nSPS) is 11.3. The second-order valence-corrected chi connectivity index (χ2v) is 6.12. The topological polar surface area (TPSA) is 70.1 Å². The molecule has 0 atom stereocenters. The van der Waals surface area contributed by atoms with Gasteiger partial charge in [-0.1, -0.05) is 19.1 Å². The number of methoxy groups -OCH3 is 1. The number of carbonyl (C=O) groups is 1. The quantitative estimate of drug-likeness (QED) is 0.736. The first-order valence-corrected chi connectivity index (χ1v) is 8.65. The van der Waals surface area contributed by atoms with E-state index in [0.29, 0.717) is 12.1 Å². The number of pyridine rings is 1. The number of hydrogen-bond donors (Lipinski definition) is 1. The zero-order valence-electron chi connectivity index (χ0n) is 15.3. The Hall–Kier alpha value is -3.08. The molecule has 0 spiro atoms. The number of fused-ring (bicyclic) bond motifs is 1. The lowest BCUT2D eigenvalue weighted by Crippen LogP contribution is -2.10. The number of ether oxygens (including phenoxy) is 1. The molecule has 134 valence electrons. The first-order valence-electron chi connectivity index (χ1n) is 8.65. The lowest BCUT2D eigenvalue weighted by Gasteiger charge is -2.09. The summed E-state index contributed by atoms with van der Waals surface area (Å²) in [5.74, 6) is 0.291. The van der Waals surface area contributed by atoms with Gasteiger partial charge in [0.2, 0.25) is 0 Å². The first-order chi connectivity index (χ1) is 12.6. The molecular formula is C21H23N3O2. The smallest absolute Gasteiger partial charge is 0.250 e. The molecule has 0 aliphatic heterocycles. The Kier molecular flexibility index (Phi) is 5.07. The SMILES string of the molecule is C/C=C\c1nc(Cn2cc(C(N)=O)c3ccc(OC)cc32)ccc1CC. The third-order valence-electron chi connectivity index (χ3n) is 4.46. The number of nitrogens with zero attached hydrogens (tertiary/aromatic N) is 2. The van der Waals surface area contributed by atoms with Gasteiger partial charge in [-0.3, -0.25) is 9.78 Å². The molecule has 0 unspecified atom stereocenters. The zero-order chi connectivity index (χ0) is 18.7. The van der Waals surface area contributed by atoms with Crippen LogP contribution in [0.1, 0.15) is 41.2 Å². The highest BCUT2D eigenvalue weighted by molar-refractivity contribution is 6.06. The van der Waals surface area contributed by atoms with Crippen molar-refractivity contribution in [1.82, 2.24) is 9.55 Å². The van der Waals surface area contributed by atoms with Crippen LogP contribution in [0, 0.1) is 0 Å². The predicted octanol–water partition coefficient (Wildman–Crippen LogP) is 3.79. The van der Waals surface area contributed by atoms with Crippen molar-refractivity contribution in [3.05, 3.63) is 65.1 Å². The van der Waals surface area contributed by atoms with Gasteiger partial charge in [-0.05, 0) is 43.2 Å². The Morgan fingerprint density at radius 1 is 1.31 bits per heavy atom. The van der Waals surface area contributed by atoms with Crippen LogP contribution in [0.25, 0.3) is 17.0 Å². The van der Waals surface area contributed by atoms with Crippen LogP contribution in [0.2, 0.25) is 0 Å². The summed E-state index contributed by atoms with van der Waals surface area (Å²) in [6, 6.07) is 9.75. The summed E-state index contributed by atoms with van der Waals surface area (Å²) in [6.07, 6.45) is 6.74. The van der Waals surface area contributed by atoms with Crippen molar-refractivity contribution in [2.75, 3.05) is 7.11 Å². The Balaban J connectivity index is 2.08. The zero-order valence-corrected chi connectivity index (χ0v) is 15.3. The number of rotatable bonds is 6. The van der Waals surface area contributed by atoms with Crippen LogP contribution in [0.15, 0.2) is 42.6 Å². The molecule has 3 aromatic rings. The number of nitrogens with two attached hydrogens (primary N) is 1. The number of allylic oxidation sites excluding steroid dienone is 1. The number of amides is 1. The highest BCUT2D eigenvalue weighted by atomic mass is 16.5. The molecule has 2 N–H and O–H groups in total. The lowest BCUT2D eigenvalue weighted by molar-refractivity contribution is 0.100. The van der Waals surface area contributed by atoms with Gasteiger partial charge in [-0.25, -0.2) is 0 Å². The van der Waals surface area contributed by atoms with E-state index in [1.165, 1.54) is 5.56 Å². The van der Waals surface area contributed by atoms with E-state index in [0.717, 1.165) is 34.5 Å². The molecule has 3 rings (SSSR count). The van der Waals surface area contributed by atoms with Gasteiger partial charge in [0.1, 0.15) is 5.75 Å². The van der Waals surface area contributed by atoms with Crippen LogP contribution in [0.5, 0.6) is 5.75 Å². The van der Waals surface area contributed by atoms with Crippen molar-refractivity contribution in [3.8, 4) is 5.75 Å². The van der Waals surface area contributed by atoms with Crippen LogP contribution in [-0.4, -0.2) is 22.6 Å². The number of carbonyl (C=O) groups excluding carboxylic acids is 1. The largest absolute Gasteiger partial charge is 0.497 e. The monoisotopic (exact) mass is 349 g/mol. The second kappa shape index (κ2) is 7.44. The molecule has 26 heavy (non-hydrogen) atoms. The Labute approximate surface area is 153 Å². The van der Waals surface area contributed by atoms with Crippen LogP contribution >= 0.6 is 0 Å². The summed E-state index contributed by atoms with van der Waals surface area (Å²) in [6.45, 7) is 4.65. The highest BCUT2D eigenvalue weighted by Gasteiger charge is 2.14. The van der Waals surface area contributed by atoms with Gasteiger partial charge >= 0.3 is 0 Å². The predicted molar refractivity (Wildman–Crippen MR) is 104 cm³/mol. The number of aromatic nitrogens is 2. The van der Waals surface area contributed by atoms with Gasteiger partial charge in [-0.15, -0.1) is 0 Å². The fourth-order valence-electron chi connectivity index (χ4n) is 3.14. The van der Waals surface area contributed by atoms with Crippen LogP contribution < -0.4 is 10.5 Å². The third-order valence-corrected chi connectivity index (χ3v) is 4.46. The Bertz CT molecular complexity index is 986. The molecule has 0 saturated heterocycles. The van der Waals surface area contributed by atoms with Crippen molar-refractivity contribution >= 4 is 22.9 Å². The van der Waals surface area contributed by atoms with Crippen LogP contribution in [0.4, 0.5) is 0 Å². The molecule has 0 radical (unpaired) electrons. The average molecular weight is 349 g/mol. The third kappa shape index (κ3) is 3.33. The Morgan fingerprint density at radius 2 is 2.12 bits per heavy atom. The summed E-state index contributed by atoms with van der Waals surface area (Å²) >= 11 is 0. The van der Waals surface area contributed by atoms with Crippen molar-refractivity contribution in [2.24, 2.45) is 5.73 Å². The minimum Gasteiger partial charge on any atom is -0.497 e. The summed E-state index contributed by atoms with van der Waals surface area (Å²) < 4.78 is 7.32. The van der Waals surface area contributed by atoms with E-state index >= 15 is 0 Å². The van der Waals surface area contributed by atoms with E-state index in [1.54, 1.807) is 13.3 Å². The molecule has 1 aromatic carbocycles. The number of benzene rings is 1. The number of primary amides is 1. The molecule has 0 bridgehead atoms. The molecule has 2 heterocycles. The van der Waals surface area contributed by atoms with E-state index in [-0.39, 0.29) is 0 Å². The fourth-order valence-corrected chi connectivity index (χ4v) is 3.14. The fraction of sp³-hybridized carbons (Fsp3) is 0.238. The molecule has 5 nitrogen and oxygen atoms in total. The van der Waals surface area contributed by atoms with Crippen molar-refractivity contribution in [1.29, 1.82) is 0 Å². The average Bonchev–Trinajstić information content (AvgIpc) is 3.00. The highest BCUT2D eigenvalue weighted by Crippen LogP contribution is 2.26. The van der Waals surface area contributed by atoms with Gasteiger partial charge in [0, 0.05) is 17.6 Å². The molecule has 0 saturated carbocycles. The minimum absolute atomic E-state index is 0.442. The molecule has 0 aliphatic carbocycles. The summed E-state index contributed by atoms with van der Waals surface area (Å²) in [5, 5.41) is 0.817. The summed E-state index contributed by atoms with van der Waals surface area (Å²) in [4.78, 5) is 16.6. The van der Waals surface area contributed by atoms with Gasteiger partial charge < -0.3 is 15.0 Å². The second-order valence-electron chi connectivity index (χ2n) is 6.12. The van der Waals surface area contributed by atoms with Crippen molar-refractivity contribution in [2.45, 2.75) is 26.8 Å². The maximum absolute atomic E-state index is 11.8. The van der Waals surface area contributed by atoms with Crippen LogP contribution in [-0.2, 0) is 13.0 Å². The van der Waals surface area contributed by atoms with E-state index in [4.69, 9.17) is 15.5 Å². The van der Waals surface area contributed by atoms with E-state index < -0.39 is 5.91 Å². The standard InChI is InChI=1S/C21H23N3O2/c1-4-6-19-14(5-2)7-8-15(23-19)12-24-13-18(21(22)25)17-10-9-16(26-3)11-20(17)24/h4,6-11,13H,5,12H2,1-3H3,(H2,22,25)/b6-4-. The van der Waals surface area contributed by atoms with Gasteiger partial charge in [0.15, 0.2) is 0 Å². The van der Waals surface area contributed by atoms with E-state index in [9.17, 15) is 4.79 Å². The summed E-state index contributed by atoms with van der Waals surface area (Å²) in [5.41, 5.74) is 10.1. The van der Waals surface area contributed by atoms with Crippen molar-refractivity contribution < 1.29 is 9.53 Å². The lowest BCUT2D eigenvalue weighted by atomic mass is 10.1. The minimum atomic E-state index is -0.442. The molecule has 2 aromatic heterocycles. The van der Waals surface area contributed by atoms with Crippen LogP contribution in [0.3, 0.4) is 0 Å². The first kappa shape index (κ1) is 17.7. The van der Waals surface area contributed by atoms with Gasteiger partial charge in [0.25, 0.3) is 5.91 Å². The maximum Gasteiger partial charge on any atom is 0.250 e. The van der Waals surface area contributed by atoms with Gasteiger partial charge in [0.05, 0.1) is 36.1 Å². The molecule has 0 aliphatic rings. The van der Waals surface area contributed by atoms with Crippen molar-refractivity contribution in [3.63, 3.8) is 0 Å².